The molecule has 1 N–H and O–H groups in total. The molecule has 2 nitrogen and oxygen atoms in total. The summed E-state index contributed by atoms with van der Waals surface area (Å²) < 4.78 is 44.1. The molecule has 1 heterocycles. The highest BCUT2D eigenvalue weighted by molar-refractivity contribution is 9.10. The number of halogens is 4. The fraction of sp³-hybridized carbons (Fsp3) is 0.625. The van der Waals surface area contributed by atoms with E-state index in [4.69, 9.17) is 4.74 Å². The first kappa shape index (κ1) is 17.6. The van der Waals surface area contributed by atoms with Crippen LogP contribution in [0.4, 0.5) is 13.2 Å². The van der Waals surface area contributed by atoms with Crippen LogP contribution in [0.1, 0.15) is 31.7 Å². The van der Waals surface area contributed by atoms with Crippen molar-refractivity contribution in [3.63, 3.8) is 0 Å². The van der Waals surface area contributed by atoms with E-state index in [9.17, 15) is 13.2 Å². The van der Waals surface area contributed by atoms with Crippen LogP contribution in [0.15, 0.2) is 22.7 Å². The van der Waals surface area contributed by atoms with E-state index >= 15 is 0 Å². The van der Waals surface area contributed by atoms with E-state index < -0.39 is 11.7 Å². The van der Waals surface area contributed by atoms with Gasteiger partial charge in [-0.1, -0.05) is 22.9 Å². The Hall–Kier alpha value is -0.750. The summed E-state index contributed by atoms with van der Waals surface area (Å²) in [5.74, 6) is 1.30. The van der Waals surface area contributed by atoms with Gasteiger partial charge in [-0.15, -0.1) is 0 Å². The minimum Gasteiger partial charge on any atom is -0.493 e. The topological polar surface area (TPSA) is 21.3 Å². The molecule has 1 aromatic carbocycles. The SMILES string of the molecule is C[C@@H](COc1ccc(Br)c(C(F)(F)F)c1)CC1CCNCC1. The molecule has 1 atom stereocenters. The summed E-state index contributed by atoms with van der Waals surface area (Å²) in [4.78, 5) is 0. The second-order valence-corrected chi connectivity index (χ2v) is 6.84. The standard InChI is InChI=1S/C16H21BrF3NO/c1-11(8-12-4-6-21-7-5-12)10-22-13-2-3-15(17)14(9-13)16(18,19)20/h2-3,9,11-12,21H,4-8,10H2,1H3/t11-/m1/s1. The molecule has 1 aliphatic rings. The Morgan fingerprint density at radius 3 is 2.64 bits per heavy atom. The lowest BCUT2D eigenvalue weighted by atomic mass is 9.89. The quantitative estimate of drug-likeness (QED) is 0.787. The predicted octanol–water partition coefficient (Wildman–Crippen LogP) is 4.87. The first-order valence-electron chi connectivity index (χ1n) is 7.56. The number of piperidine rings is 1. The fourth-order valence-electron chi connectivity index (χ4n) is 2.80. The van der Waals surface area contributed by atoms with Crippen LogP contribution in [0.3, 0.4) is 0 Å². The maximum Gasteiger partial charge on any atom is 0.417 e. The van der Waals surface area contributed by atoms with E-state index in [0.29, 0.717) is 18.4 Å². The van der Waals surface area contributed by atoms with Gasteiger partial charge in [-0.3, -0.25) is 0 Å². The molecular weight excluding hydrogens is 359 g/mol. The van der Waals surface area contributed by atoms with Crippen molar-refractivity contribution in [3.8, 4) is 5.75 Å². The summed E-state index contributed by atoms with van der Waals surface area (Å²) >= 11 is 2.93. The van der Waals surface area contributed by atoms with E-state index in [-0.39, 0.29) is 10.2 Å². The van der Waals surface area contributed by atoms with Crippen molar-refractivity contribution in [2.45, 2.75) is 32.4 Å². The van der Waals surface area contributed by atoms with Gasteiger partial charge in [-0.05, 0) is 62.4 Å². The first-order chi connectivity index (χ1) is 10.4. The number of alkyl halides is 3. The molecule has 0 unspecified atom stereocenters. The Labute approximate surface area is 137 Å². The zero-order valence-electron chi connectivity index (χ0n) is 12.5. The zero-order chi connectivity index (χ0) is 16.2. The number of nitrogens with one attached hydrogen (secondary N) is 1. The Morgan fingerprint density at radius 1 is 1.32 bits per heavy atom. The van der Waals surface area contributed by atoms with Crippen LogP contribution in [-0.2, 0) is 6.18 Å². The molecule has 0 amide bonds. The van der Waals surface area contributed by atoms with Crippen molar-refractivity contribution in [1.29, 1.82) is 0 Å². The summed E-state index contributed by atoms with van der Waals surface area (Å²) in [5.41, 5.74) is -0.698. The maximum atomic E-state index is 12.8. The molecule has 1 aliphatic heterocycles. The van der Waals surface area contributed by atoms with E-state index in [1.807, 2.05) is 0 Å². The largest absolute Gasteiger partial charge is 0.493 e. The van der Waals surface area contributed by atoms with E-state index in [1.54, 1.807) is 6.07 Å². The van der Waals surface area contributed by atoms with Crippen LogP contribution in [0.2, 0.25) is 0 Å². The van der Waals surface area contributed by atoms with Crippen molar-refractivity contribution in [1.82, 2.24) is 5.32 Å². The second-order valence-electron chi connectivity index (χ2n) is 5.98. The number of benzene rings is 1. The molecule has 22 heavy (non-hydrogen) atoms. The third-order valence-electron chi connectivity index (χ3n) is 3.97. The summed E-state index contributed by atoms with van der Waals surface area (Å²) in [6.07, 6.45) is -0.981. The molecule has 0 bridgehead atoms. The Morgan fingerprint density at radius 2 is 2.00 bits per heavy atom. The van der Waals surface area contributed by atoms with Crippen LogP contribution < -0.4 is 10.1 Å². The van der Waals surface area contributed by atoms with Crippen LogP contribution in [0.25, 0.3) is 0 Å². The molecule has 0 saturated carbocycles. The molecule has 6 heteroatoms. The minimum atomic E-state index is -4.38. The molecule has 0 radical (unpaired) electrons. The molecule has 1 saturated heterocycles. The molecule has 0 aliphatic carbocycles. The average molecular weight is 380 g/mol. The van der Waals surface area contributed by atoms with Gasteiger partial charge >= 0.3 is 6.18 Å². The van der Waals surface area contributed by atoms with Gasteiger partial charge in [0.15, 0.2) is 0 Å². The highest BCUT2D eigenvalue weighted by atomic mass is 79.9. The lowest BCUT2D eigenvalue weighted by Crippen LogP contribution is -2.29. The van der Waals surface area contributed by atoms with Gasteiger partial charge in [0, 0.05) is 4.47 Å². The molecule has 0 spiro atoms. The van der Waals surface area contributed by atoms with E-state index in [1.165, 1.54) is 18.9 Å². The van der Waals surface area contributed by atoms with Crippen LogP contribution in [-0.4, -0.2) is 19.7 Å². The monoisotopic (exact) mass is 379 g/mol. The maximum absolute atomic E-state index is 12.8. The van der Waals surface area contributed by atoms with Gasteiger partial charge < -0.3 is 10.1 Å². The van der Waals surface area contributed by atoms with Crippen molar-refractivity contribution in [2.75, 3.05) is 19.7 Å². The van der Waals surface area contributed by atoms with Crippen LogP contribution in [0, 0.1) is 11.8 Å². The van der Waals surface area contributed by atoms with E-state index in [0.717, 1.165) is 25.6 Å². The van der Waals surface area contributed by atoms with Crippen LogP contribution >= 0.6 is 15.9 Å². The number of ether oxygens (including phenoxy) is 1. The zero-order valence-corrected chi connectivity index (χ0v) is 14.1. The van der Waals surface area contributed by atoms with Gasteiger partial charge in [-0.25, -0.2) is 0 Å². The predicted molar refractivity (Wildman–Crippen MR) is 84.0 cm³/mol. The molecule has 124 valence electrons. The summed E-state index contributed by atoms with van der Waals surface area (Å²) in [5, 5.41) is 3.33. The normalized spacial score (nSPS) is 18.2. The van der Waals surface area contributed by atoms with Crippen molar-refractivity contribution >= 4 is 15.9 Å². The van der Waals surface area contributed by atoms with E-state index in [2.05, 4.69) is 28.2 Å². The van der Waals surface area contributed by atoms with Gasteiger partial charge in [-0.2, -0.15) is 13.2 Å². The van der Waals surface area contributed by atoms with Crippen LogP contribution in [0.5, 0.6) is 5.75 Å². The number of hydrogen-bond acceptors (Lipinski definition) is 2. The highest BCUT2D eigenvalue weighted by Gasteiger charge is 2.33. The van der Waals surface area contributed by atoms with Gasteiger partial charge in [0.2, 0.25) is 0 Å². The van der Waals surface area contributed by atoms with Crippen molar-refractivity contribution in [3.05, 3.63) is 28.2 Å². The molecule has 0 aromatic heterocycles. The van der Waals surface area contributed by atoms with Crippen molar-refractivity contribution in [2.24, 2.45) is 11.8 Å². The molecule has 2 rings (SSSR count). The summed E-state index contributed by atoms with van der Waals surface area (Å²) in [7, 11) is 0. The first-order valence-corrected chi connectivity index (χ1v) is 8.36. The smallest absolute Gasteiger partial charge is 0.417 e. The highest BCUT2D eigenvalue weighted by Crippen LogP contribution is 2.37. The summed E-state index contributed by atoms with van der Waals surface area (Å²) in [6, 6.07) is 4.01. The fourth-order valence-corrected chi connectivity index (χ4v) is 3.28. The van der Waals surface area contributed by atoms with Gasteiger partial charge in [0.05, 0.1) is 12.2 Å². The molecular formula is C16H21BrF3NO. The summed E-state index contributed by atoms with van der Waals surface area (Å²) in [6.45, 7) is 4.65. The third-order valence-corrected chi connectivity index (χ3v) is 4.66. The Kier molecular flexibility index (Phi) is 6.15. The van der Waals surface area contributed by atoms with Gasteiger partial charge in [0.25, 0.3) is 0 Å². The average Bonchev–Trinajstić information content (AvgIpc) is 2.46. The number of rotatable bonds is 5. The molecule has 1 aromatic rings. The van der Waals surface area contributed by atoms with Gasteiger partial charge in [0.1, 0.15) is 5.75 Å². The number of hydrogen-bond donors (Lipinski definition) is 1. The second kappa shape index (κ2) is 7.68. The minimum absolute atomic E-state index is 0.0371. The lowest BCUT2D eigenvalue weighted by molar-refractivity contribution is -0.138. The van der Waals surface area contributed by atoms with Crippen molar-refractivity contribution < 1.29 is 17.9 Å². The Bertz CT molecular complexity index is 487. The molecule has 1 fully saturated rings. The lowest BCUT2D eigenvalue weighted by Gasteiger charge is -2.25. The Balaban J connectivity index is 1.88. The third kappa shape index (κ3) is 5.16.